The van der Waals surface area contributed by atoms with Crippen molar-refractivity contribution in [2.45, 2.75) is 77.0 Å². The number of hydrogen-bond donors (Lipinski definition) is 2. The number of nitrogens with one attached hydrogen (secondary N) is 2. The van der Waals surface area contributed by atoms with Crippen LogP contribution >= 0.6 is 0 Å². The molecule has 10 nitrogen and oxygen atoms in total. The van der Waals surface area contributed by atoms with Crippen molar-refractivity contribution in [2.24, 2.45) is 0 Å². The number of likely N-dealkylation sites (N-methyl/N-ethyl adjacent to an activating group) is 2. The average Bonchev–Trinajstić information content (AvgIpc) is 4.15. The summed E-state index contributed by atoms with van der Waals surface area (Å²) in [7, 11) is 0. The topological polar surface area (TPSA) is 104 Å². The van der Waals surface area contributed by atoms with Crippen LogP contribution in [0.15, 0.2) is 122 Å². The minimum Gasteiger partial charge on any atom is -0.346 e. The van der Waals surface area contributed by atoms with E-state index in [-0.39, 0.29) is 23.9 Å². The van der Waals surface area contributed by atoms with Crippen LogP contribution in [-0.2, 0) is 9.59 Å². The number of H-pyrrole nitrogens is 2. The molecule has 0 radical (unpaired) electrons. The minimum absolute atomic E-state index is 0.115. The molecular formula is C50H56F2N8O2. The van der Waals surface area contributed by atoms with Crippen molar-refractivity contribution < 1.29 is 18.4 Å². The molecule has 0 aliphatic carbocycles. The first-order valence-corrected chi connectivity index (χ1v) is 22.0. The van der Waals surface area contributed by atoms with E-state index >= 15 is 8.78 Å². The largest absolute Gasteiger partial charge is 0.346 e. The van der Waals surface area contributed by atoms with Gasteiger partial charge in [-0.3, -0.25) is 19.4 Å². The maximum Gasteiger partial charge on any atom is 0.267 e. The molecule has 2 aliphatic rings. The summed E-state index contributed by atoms with van der Waals surface area (Å²) in [5.41, 5.74) is 7.07. The summed E-state index contributed by atoms with van der Waals surface area (Å²) in [5, 5.41) is 0. The van der Waals surface area contributed by atoms with E-state index in [0.717, 1.165) is 70.8 Å². The van der Waals surface area contributed by atoms with Gasteiger partial charge < -0.3 is 19.8 Å². The zero-order valence-electron chi connectivity index (χ0n) is 36.0. The van der Waals surface area contributed by atoms with Crippen LogP contribution in [0.25, 0.3) is 33.6 Å². The van der Waals surface area contributed by atoms with E-state index in [1.165, 1.54) is 4.90 Å². The van der Waals surface area contributed by atoms with E-state index in [4.69, 9.17) is 9.97 Å². The fourth-order valence-corrected chi connectivity index (χ4v) is 9.37. The molecule has 8 rings (SSSR count). The molecule has 2 fully saturated rings. The summed E-state index contributed by atoms with van der Waals surface area (Å²) in [4.78, 5) is 52.3. The van der Waals surface area contributed by atoms with Crippen molar-refractivity contribution in [2.75, 3.05) is 39.3 Å². The van der Waals surface area contributed by atoms with Gasteiger partial charge >= 0.3 is 0 Å². The third-order valence-electron chi connectivity index (χ3n) is 12.7. The molecular weight excluding hydrogens is 783 g/mol. The van der Waals surface area contributed by atoms with E-state index < -0.39 is 31.0 Å². The fraction of sp³-hybridized carbons (Fsp3) is 0.360. The fourth-order valence-electron chi connectivity index (χ4n) is 9.37. The number of halogens is 2. The van der Waals surface area contributed by atoms with Gasteiger partial charge in [-0.25, -0.2) is 18.7 Å². The number of hydrogen-bond acceptors (Lipinski definition) is 6. The van der Waals surface area contributed by atoms with Crippen LogP contribution in [0.3, 0.4) is 0 Å². The van der Waals surface area contributed by atoms with Crippen molar-refractivity contribution in [3.8, 4) is 33.6 Å². The molecule has 2 aromatic heterocycles. The van der Waals surface area contributed by atoms with E-state index in [1.54, 1.807) is 6.20 Å². The van der Waals surface area contributed by atoms with Crippen LogP contribution in [0.5, 0.6) is 0 Å². The van der Waals surface area contributed by atoms with Crippen LogP contribution < -0.4 is 0 Å². The molecule has 2 aliphatic heterocycles. The number of aromatic nitrogens is 4. The molecule has 12 heteroatoms. The van der Waals surface area contributed by atoms with Gasteiger partial charge in [-0.15, -0.1) is 0 Å². The van der Waals surface area contributed by atoms with Crippen molar-refractivity contribution in [1.82, 2.24) is 39.5 Å². The first-order valence-electron chi connectivity index (χ1n) is 22.0. The maximum atomic E-state index is 15.1. The number of alkyl halides is 2. The molecule has 6 aromatic rings. The van der Waals surface area contributed by atoms with Crippen LogP contribution in [0.1, 0.15) is 93.9 Å². The number of rotatable bonds is 15. The first kappa shape index (κ1) is 42.7. The summed E-state index contributed by atoms with van der Waals surface area (Å²) >= 11 is 0. The Morgan fingerprint density at radius 3 is 1.50 bits per heavy atom. The summed E-state index contributed by atoms with van der Waals surface area (Å²) in [6.07, 6.45) is 4.93. The van der Waals surface area contributed by atoms with Crippen molar-refractivity contribution in [3.05, 3.63) is 144 Å². The molecule has 4 aromatic carbocycles. The second-order valence-electron chi connectivity index (χ2n) is 16.3. The summed E-state index contributed by atoms with van der Waals surface area (Å²) in [6, 6.07) is 33.7. The molecule has 0 bridgehead atoms. The highest BCUT2D eigenvalue weighted by atomic mass is 19.3. The second kappa shape index (κ2) is 18.6. The van der Waals surface area contributed by atoms with Crippen LogP contribution in [0.2, 0.25) is 0 Å². The van der Waals surface area contributed by atoms with E-state index in [0.29, 0.717) is 31.2 Å². The number of benzene rings is 4. The molecule has 2 amide bonds. The normalized spacial score (nSPS) is 18.5. The highest BCUT2D eigenvalue weighted by molar-refractivity contribution is 5.85. The van der Waals surface area contributed by atoms with Gasteiger partial charge in [0.25, 0.3) is 5.92 Å². The Balaban J connectivity index is 0.953. The van der Waals surface area contributed by atoms with Crippen LogP contribution in [0, 0.1) is 0 Å². The predicted octanol–water partition coefficient (Wildman–Crippen LogP) is 9.87. The van der Waals surface area contributed by atoms with E-state index in [1.807, 2.05) is 115 Å². The number of nitrogens with zero attached hydrogens (tertiary/aromatic N) is 6. The monoisotopic (exact) mass is 838 g/mol. The number of likely N-dealkylation sites (tertiary alicyclic amines) is 2. The molecule has 0 spiro atoms. The Morgan fingerprint density at radius 2 is 1.05 bits per heavy atom. The zero-order valence-corrected chi connectivity index (χ0v) is 36.0. The third-order valence-corrected chi connectivity index (χ3v) is 12.7. The van der Waals surface area contributed by atoms with Gasteiger partial charge in [0.05, 0.1) is 30.0 Å². The highest BCUT2D eigenvalue weighted by Crippen LogP contribution is 2.43. The lowest BCUT2D eigenvalue weighted by molar-refractivity contribution is -0.140. The number of aromatic amines is 2. The van der Waals surface area contributed by atoms with Crippen LogP contribution in [-0.4, -0.2) is 96.5 Å². The van der Waals surface area contributed by atoms with Gasteiger partial charge in [-0.1, -0.05) is 137 Å². The second-order valence-corrected chi connectivity index (χ2v) is 16.3. The van der Waals surface area contributed by atoms with Gasteiger partial charge in [-0.2, -0.15) is 0 Å². The lowest BCUT2D eigenvalue weighted by atomic mass is 10.0. The average molecular weight is 839 g/mol. The van der Waals surface area contributed by atoms with Crippen LogP contribution in [0.4, 0.5) is 8.78 Å². The summed E-state index contributed by atoms with van der Waals surface area (Å²) in [6.45, 7) is 11.0. The van der Waals surface area contributed by atoms with Gasteiger partial charge in [0.15, 0.2) is 0 Å². The molecule has 4 atom stereocenters. The van der Waals surface area contributed by atoms with Crippen molar-refractivity contribution in [3.63, 3.8) is 0 Å². The Bertz CT molecular complexity index is 2410. The van der Waals surface area contributed by atoms with Gasteiger partial charge in [-0.05, 0) is 61.3 Å². The third kappa shape index (κ3) is 8.71. The Kier molecular flexibility index (Phi) is 12.8. The predicted molar refractivity (Wildman–Crippen MR) is 239 cm³/mol. The molecule has 62 heavy (non-hydrogen) atoms. The number of carbonyl (C=O) groups excluding carboxylic acids is 2. The lowest BCUT2D eigenvalue weighted by Gasteiger charge is -2.34. The van der Waals surface area contributed by atoms with E-state index in [2.05, 4.69) is 53.0 Å². The summed E-state index contributed by atoms with van der Waals surface area (Å²) < 4.78 is 30.3. The summed E-state index contributed by atoms with van der Waals surface area (Å²) in [5.74, 6) is -2.12. The standard InChI is InChI=1S/C50H56F2N8O2/c1-5-57(6-2)44(38-16-11-9-12-17-38)48(61)59-29-15-20-42(59)46-53-31-40(55-46)36-25-21-34(22-26-36)35-23-27-37(28-24-35)41-32-54-47(56-41)43-30-50(51,52)33-60(43)49(62)45(58(7-3)8-4)39-18-13-10-14-19-39/h9-14,16-19,21-28,31-32,42-45H,5-8,15,20,29-30,33H2,1-4H3,(H,53,55)(H,54,56)/t42-,43-,44?,45+/m0/s1. The molecule has 2 N–H and O–H groups in total. The SMILES string of the molecule is CCN(CC)C(C(=O)N1CCC[C@H]1c1nc(-c2ccc(-c3ccc(-c4c[nH]c([C@@H]5CC(F)(F)CN5C(=O)[C@@H](c5ccccc5)N(CC)CC)n4)cc3)cc2)c[nH]1)c1ccccc1. The number of amides is 2. The molecule has 4 heterocycles. The Morgan fingerprint density at radius 1 is 0.629 bits per heavy atom. The lowest BCUT2D eigenvalue weighted by Crippen LogP contribution is -2.43. The number of carbonyl (C=O) groups is 2. The van der Waals surface area contributed by atoms with Crippen molar-refractivity contribution in [1.29, 1.82) is 0 Å². The zero-order chi connectivity index (χ0) is 43.4. The molecule has 1 unspecified atom stereocenters. The molecule has 322 valence electrons. The molecule has 0 saturated carbocycles. The van der Waals surface area contributed by atoms with Crippen molar-refractivity contribution >= 4 is 11.8 Å². The maximum absolute atomic E-state index is 15.1. The Labute approximate surface area is 363 Å². The van der Waals surface area contributed by atoms with E-state index in [9.17, 15) is 9.59 Å². The Hall–Kier alpha value is -5.98. The van der Waals surface area contributed by atoms with Gasteiger partial charge in [0.2, 0.25) is 11.8 Å². The first-order chi connectivity index (χ1) is 30.1. The van der Waals surface area contributed by atoms with Gasteiger partial charge in [0.1, 0.15) is 23.7 Å². The quantitative estimate of drug-likeness (QED) is 0.107. The smallest absolute Gasteiger partial charge is 0.267 e. The van der Waals surface area contributed by atoms with Gasteiger partial charge in [0, 0.05) is 36.5 Å². The highest BCUT2D eigenvalue weighted by Gasteiger charge is 2.50. The minimum atomic E-state index is -3.04. The number of imidazole rings is 2. The molecule has 2 saturated heterocycles.